The molecule has 1 amide bonds. The van der Waals surface area contributed by atoms with Crippen LogP contribution in [0.25, 0.3) is 0 Å². The number of aliphatic hydroxyl groups is 1. The van der Waals surface area contributed by atoms with Crippen molar-refractivity contribution in [2.75, 3.05) is 24.6 Å². The third kappa shape index (κ3) is 3.49. The number of nitro benzene ring substituents is 1. The lowest BCUT2D eigenvalue weighted by Crippen LogP contribution is -2.36. The first-order valence-corrected chi connectivity index (χ1v) is 6.98. The molecule has 1 unspecified atom stereocenters. The summed E-state index contributed by atoms with van der Waals surface area (Å²) in [5.41, 5.74) is 0.881. The Bertz CT molecular complexity index is 541. The number of anilines is 1. The summed E-state index contributed by atoms with van der Waals surface area (Å²) in [6.07, 6.45) is 2.09. The van der Waals surface area contributed by atoms with E-state index >= 15 is 0 Å². The number of aliphatic hydroxyl groups excluding tert-OH is 1. The summed E-state index contributed by atoms with van der Waals surface area (Å²) in [5, 5.41) is 22.6. The highest BCUT2D eigenvalue weighted by molar-refractivity contribution is 6.00. The fourth-order valence-corrected chi connectivity index (χ4v) is 2.40. The van der Waals surface area contributed by atoms with Gasteiger partial charge in [0.15, 0.2) is 0 Å². The lowest BCUT2D eigenvalue weighted by Gasteiger charge is -2.21. The van der Waals surface area contributed by atoms with Crippen LogP contribution in [-0.4, -0.2) is 41.7 Å². The molecule has 7 heteroatoms. The van der Waals surface area contributed by atoms with Crippen molar-refractivity contribution in [3.63, 3.8) is 0 Å². The molecule has 0 aliphatic carbocycles. The van der Waals surface area contributed by atoms with Crippen molar-refractivity contribution in [1.82, 2.24) is 5.32 Å². The van der Waals surface area contributed by atoms with Gasteiger partial charge in [0.05, 0.1) is 22.8 Å². The Morgan fingerprint density at radius 3 is 2.71 bits per heavy atom. The Labute approximate surface area is 122 Å². The van der Waals surface area contributed by atoms with Crippen LogP contribution in [-0.2, 0) is 0 Å². The Morgan fingerprint density at radius 2 is 2.14 bits per heavy atom. The minimum absolute atomic E-state index is 0.111. The Balaban J connectivity index is 2.35. The number of amides is 1. The second-order valence-corrected chi connectivity index (χ2v) is 5.21. The van der Waals surface area contributed by atoms with E-state index in [1.807, 2.05) is 0 Å². The molecule has 0 saturated carbocycles. The fourth-order valence-electron chi connectivity index (χ4n) is 2.40. The molecule has 0 radical (unpaired) electrons. The topological polar surface area (TPSA) is 95.7 Å². The van der Waals surface area contributed by atoms with Crippen molar-refractivity contribution in [3.05, 3.63) is 33.9 Å². The molecule has 1 atom stereocenters. The molecule has 7 nitrogen and oxygen atoms in total. The maximum absolute atomic E-state index is 12.3. The zero-order valence-corrected chi connectivity index (χ0v) is 11.9. The van der Waals surface area contributed by atoms with Gasteiger partial charge in [-0.2, -0.15) is 0 Å². The van der Waals surface area contributed by atoms with Crippen molar-refractivity contribution in [2.24, 2.45) is 0 Å². The second kappa shape index (κ2) is 6.53. The van der Waals surface area contributed by atoms with Crippen molar-refractivity contribution < 1.29 is 14.8 Å². The van der Waals surface area contributed by atoms with Crippen molar-refractivity contribution >= 4 is 17.3 Å². The lowest BCUT2D eigenvalue weighted by molar-refractivity contribution is -0.384. The highest BCUT2D eigenvalue weighted by atomic mass is 16.6. The van der Waals surface area contributed by atoms with Gasteiger partial charge in [0.2, 0.25) is 0 Å². The van der Waals surface area contributed by atoms with E-state index in [4.69, 9.17) is 5.11 Å². The average Bonchev–Trinajstić information content (AvgIpc) is 3.00. The van der Waals surface area contributed by atoms with Gasteiger partial charge in [-0.1, -0.05) is 0 Å². The van der Waals surface area contributed by atoms with Crippen LogP contribution in [0, 0.1) is 10.1 Å². The number of rotatable bonds is 5. The second-order valence-electron chi connectivity index (χ2n) is 5.21. The van der Waals surface area contributed by atoms with Crippen molar-refractivity contribution in [1.29, 1.82) is 0 Å². The molecule has 1 fully saturated rings. The van der Waals surface area contributed by atoms with Crippen LogP contribution in [0.4, 0.5) is 11.4 Å². The van der Waals surface area contributed by atoms with Gasteiger partial charge < -0.3 is 15.3 Å². The van der Waals surface area contributed by atoms with Crippen LogP contribution < -0.4 is 10.2 Å². The Kier molecular flexibility index (Phi) is 4.74. The van der Waals surface area contributed by atoms with Gasteiger partial charge in [-0.15, -0.1) is 0 Å². The molecule has 1 heterocycles. The summed E-state index contributed by atoms with van der Waals surface area (Å²) >= 11 is 0. The molecule has 0 bridgehead atoms. The summed E-state index contributed by atoms with van der Waals surface area (Å²) in [7, 11) is 0. The number of nitro groups is 1. The standard InChI is InChI=1S/C14H19N3O4/c1-10(9-18)15-14(19)12-8-11(17(20)21)4-5-13(12)16-6-2-3-7-16/h4-5,8,10,18H,2-3,6-7,9H2,1H3,(H,15,19). The van der Waals surface area contributed by atoms with Crippen LogP contribution in [0.2, 0.25) is 0 Å². The third-order valence-electron chi connectivity index (χ3n) is 3.53. The molecule has 1 aliphatic heterocycles. The number of hydrogen-bond donors (Lipinski definition) is 2. The van der Waals surface area contributed by atoms with Crippen LogP contribution in [0.1, 0.15) is 30.1 Å². The molecule has 2 rings (SSSR count). The first-order chi connectivity index (χ1) is 10.0. The molecule has 1 aromatic rings. The van der Waals surface area contributed by atoms with E-state index in [9.17, 15) is 14.9 Å². The summed E-state index contributed by atoms with van der Waals surface area (Å²) in [4.78, 5) is 24.7. The van der Waals surface area contributed by atoms with Gasteiger partial charge >= 0.3 is 0 Å². The van der Waals surface area contributed by atoms with Crippen LogP contribution >= 0.6 is 0 Å². The summed E-state index contributed by atoms with van der Waals surface area (Å²) in [5.74, 6) is -0.401. The van der Waals surface area contributed by atoms with Gasteiger partial charge in [-0.3, -0.25) is 14.9 Å². The molecular weight excluding hydrogens is 274 g/mol. The molecule has 0 spiro atoms. The predicted octanol–water partition coefficient (Wildman–Crippen LogP) is 1.31. The maximum Gasteiger partial charge on any atom is 0.270 e. The molecular formula is C14H19N3O4. The SMILES string of the molecule is CC(CO)NC(=O)c1cc([N+](=O)[O-])ccc1N1CCCC1. The minimum atomic E-state index is -0.514. The number of hydrogen-bond acceptors (Lipinski definition) is 5. The van der Waals surface area contributed by atoms with Crippen LogP contribution in [0.5, 0.6) is 0 Å². The molecule has 1 saturated heterocycles. The molecule has 1 aromatic carbocycles. The number of carbonyl (C=O) groups is 1. The fraction of sp³-hybridized carbons (Fsp3) is 0.500. The van der Waals surface area contributed by atoms with E-state index in [1.54, 1.807) is 13.0 Å². The van der Waals surface area contributed by atoms with Crippen LogP contribution in [0.3, 0.4) is 0 Å². The van der Waals surface area contributed by atoms with Gasteiger partial charge in [0.1, 0.15) is 0 Å². The quantitative estimate of drug-likeness (QED) is 0.630. The number of benzene rings is 1. The zero-order chi connectivity index (χ0) is 15.4. The summed E-state index contributed by atoms with van der Waals surface area (Å²) in [6, 6.07) is 3.94. The first kappa shape index (κ1) is 15.2. The number of carbonyl (C=O) groups excluding carboxylic acids is 1. The summed E-state index contributed by atoms with van der Waals surface area (Å²) in [6.45, 7) is 3.17. The van der Waals surface area contributed by atoms with E-state index in [1.165, 1.54) is 12.1 Å². The molecule has 114 valence electrons. The first-order valence-electron chi connectivity index (χ1n) is 6.98. The number of nitrogens with zero attached hydrogens (tertiary/aromatic N) is 2. The minimum Gasteiger partial charge on any atom is -0.394 e. The van der Waals surface area contributed by atoms with E-state index in [2.05, 4.69) is 10.2 Å². The van der Waals surface area contributed by atoms with E-state index in [0.717, 1.165) is 25.9 Å². The van der Waals surface area contributed by atoms with Gasteiger partial charge in [-0.05, 0) is 25.8 Å². The highest BCUT2D eigenvalue weighted by Crippen LogP contribution is 2.28. The molecule has 2 N–H and O–H groups in total. The number of non-ortho nitro benzene ring substituents is 1. The molecule has 0 aromatic heterocycles. The van der Waals surface area contributed by atoms with Crippen molar-refractivity contribution in [3.8, 4) is 0 Å². The van der Waals surface area contributed by atoms with E-state index < -0.39 is 16.9 Å². The van der Waals surface area contributed by atoms with E-state index in [-0.39, 0.29) is 17.9 Å². The Hall–Kier alpha value is -2.15. The monoisotopic (exact) mass is 293 g/mol. The summed E-state index contributed by atoms with van der Waals surface area (Å²) < 4.78 is 0. The maximum atomic E-state index is 12.3. The lowest BCUT2D eigenvalue weighted by atomic mass is 10.1. The predicted molar refractivity (Wildman–Crippen MR) is 78.6 cm³/mol. The van der Waals surface area contributed by atoms with E-state index in [0.29, 0.717) is 5.69 Å². The molecule has 21 heavy (non-hydrogen) atoms. The third-order valence-corrected chi connectivity index (χ3v) is 3.53. The van der Waals surface area contributed by atoms with Gasteiger partial charge in [0, 0.05) is 31.3 Å². The smallest absolute Gasteiger partial charge is 0.270 e. The van der Waals surface area contributed by atoms with Crippen LogP contribution in [0.15, 0.2) is 18.2 Å². The number of nitrogens with one attached hydrogen (secondary N) is 1. The highest BCUT2D eigenvalue weighted by Gasteiger charge is 2.23. The van der Waals surface area contributed by atoms with Gasteiger partial charge in [0.25, 0.3) is 11.6 Å². The van der Waals surface area contributed by atoms with Crippen molar-refractivity contribution in [2.45, 2.75) is 25.8 Å². The normalized spacial score (nSPS) is 15.8. The zero-order valence-electron chi connectivity index (χ0n) is 11.9. The molecule has 1 aliphatic rings. The average molecular weight is 293 g/mol. The Morgan fingerprint density at radius 1 is 1.48 bits per heavy atom. The van der Waals surface area contributed by atoms with Gasteiger partial charge in [-0.25, -0.2) is 0 Å². The largest absolute Gasteiger partial charge is 0.394 e.